The first kappa shape index (κ1) is 19.9. The molecule has 2 aromatic rings. The highest BCUT2D eigenvalue weighted by molar-refractivity contribution is 5.93. The average Bonchev–Trinajstić information content (AvgIpc) is 2.63. The molecule has 140 valence electrons. The van der Waals surface area contributed by atoms with Crippen molar-refractivity contribution in [2.45, 2.75) is 26.7 Å². The largest absolute Gasteiger partial charge is 0.489 e. The van der Waals surface area contributed by atoms with Gasteiger partial charge in [0, 0.05) is 12.2 Å². The van der Waals surface area contributed by atoms with Crippen molar-refractivity contribution < 1.29 is 13.9 Å². The molecule has 0 aromatic heterocycles. The zero-order chi connectivity index (χ0) is 18.9. The van der Waals surface area contributed by atoms with E-state index in [-0.39, 0.29) is 24.0 Å². The van der Waals surface area contributed by atoms with Crippen LogP contribution in [0.5, 0.6) is 5.75 Å². The van der Waals surface area contributed by atoms with Crippen molar-refractivity contribution in [3.05, 3.63) is 59.4 Å². The fourth-order valence-electron chi connectivity index (χ4n) is 2.78. The lowest BCUT2D eigenvalue weighted by molar-refractivity contribution is -0.117. The molecule has 0 saturated heterocycles. The van der Waals surface area contributed by atoms with Crippen molar-refractivity contribution in [2.24, 2.45) is 0 Å². The zero-order valence-corrected chi connectivity index (χ0v) is 15.7. The van der Waals surface area contributed by atoms with E-state index in [0.717, 1.165) is 29.7 Å². The van der Waals surface area contributed by atoms with Gasteiger partial charge in [-0.2, -0.15) is 0 Å². The van der Waals surface area contributed by atoms with Crippen LogP contribution in [0.3, 0.4) is 0 Å². The monoisotopic (exact) mass is 358 g/mol. The SMILES string of the molecule is CCc1cccc(CC)c1NC(=O)CN(C)CCOc1ccccc1F. The van der Waals surface area contributed by atoms with Crippen LogP contribution >= 0.6 is 0 Å². The van der Waals surface area contributed by atoms with Gasteiger partial charge < -0.3 is 10.1 Å². The first-order chi connectivity index (χ1) is 12.5. The van der Waals surface area contributed by atoms with E-state index in [1.165, 1.54) is 6.07 Å². The van der Waals surface area contributed by atoms with Crippen molar-refractivity contribution in [3.63, 3.8) is 0 Å². The molecule has 0 fully saturated rings. The Labute approximate surface area is 155 Å². The molecule has 1 amide bonds. The summed E-state index contributed by atoms with van der Waals surface area (Å²) in [5.41, 5.74) is 3.21. The predicted molar refractivity (Wildman–Crippen MR) is 103 cm³/mol. The van der Waals surface area contributed by atoms with Crippen LogP contribution in [0.25, 0.3) is 0 Å². The first-order valence-corrected chi connectivity index (χ1v) is 9.01. The van der Waals surface area contributed by atoms with Crippen molar-refractivity contribution in [1.29, 1.82) is 0 Å². The Hall–Kier alpha value is -2.40. The Morgan fingerprint density at radius 1 is 1.08 bits per heavy atom. The summed E-state index contributed by atoms with van der Waals surface area (Å²) in [7, 11) is 1.84. The van der Waals surface area contributed by atoms with E-state index < -0.39 is 0 Å². The van der Waals surface area contributed by atoms with Gasteiger partial charge in [-0.05, 0) is 43.1 Å². The van der Waals surface area contributed by atoms with Gasteiger partial charge in [0.1, 0.15) is 6.61 Å². The van der Waals surface area contributed by atoms with Gasteiger partial charge in [-0.25, -0.2) is 4.39 Å². The summed E-state index contributed by atoms with van der Waals surface area (Å²) in [5.74, 6) is -0.208. The number of carbonyl (C=O) groups excluding carboxylic acids is 1. The maximum Gasteiger partial charge on any atom is 0.238 e. The number of halogens is 1. The Bertz CT molecular complexity index is 711. The van der Waals surface area contributed by atoms with E-state index in [4.69, 9.17) is 4.74 Å². The number of nitrogens with one attached hydrogen (secondary N) is 1. The number of para-hydroxylation sites is 2. The van der Waals surface area contributed by atoms with Crippen molar-refractivity contribution >= 4 is 11.6 Å². The summed E-state index contributed by atoms with van der Waals surface area (Å²) < 4.78 is 18.9. The van der Waals surface area contributed by atoms with Gasteiger partial charge >= 0.3 is 0 Å². The molecule has 2 aromatic carbocycles. The third kappa shape index (κ3) is 5.56. The van der Waals surface area contributed by atoms with Gasteiger partial charge in [0.25, 0.3) is 0 Å². The maximum atomic E-state index is 13.5. The van der Waals surface area contributed by atoms with Gasteiger partial charge in [0.05, 0.1) is 6.54 Å². The molecule has 2 rings (SSSR count). The van der Waals surface area contributed by atoms with Crippen LogP contribution in [0.2, 0.25) is 0 Å². The maximum absolute atomic E-state index is 13.5. The summed E-state index contributed by atoms with van der Waals surface area (Å²) in [5, 5.41) is 3.05. The van der Waals surface area contributed by atoms with Crippen LogP contribution in [0.15, 0.2) is 42.5 Å². The van der Waals surface area contributed by atoms with Crippen LogP contribution < -0.4 is 10.1 Å². The molecule has 0 aliphatic heterocycles. The minimum Gasteiger partial charge on any atom is -0.489 e. The number of anilines is 1. The smallest absolute Gasteiger partial charge is 0.238 e. The van der Waals surface area contributed by atoms with Crippen LogP contribution in [-0.2, 0) is 17.6 Å². The molecular formula is C21H27FN2O2. The van der Waals surface area contributed by atoms with Crippen LogP contribution in [0.4, 0.5) is 10.1 Å². The Balaban J connectivity index is 1.85. The Morgan fingerprint density at radius 2 is 1.73 bits per heavy atom. The van der Waals surface area contributed by atoms with E-state index in [1.54, 1.807) is 18.2 Å². The predicted octanol–water partition coefficient (Wildman–Crippen LogP) is 3.90. The average molecular weight is 358 g/mol. The number of likely N-dealkylation sites (N-methyl/N-ethyl adjacent to an activating group) is 1. The second-order valence-electron chi connectivity index (χ2n) is 6.22. The van der Waals surface area contributed by atoms with E-state index in [9.17, 15) is 9.18 Å². The van der Waals surface area contributed by atoms with Gasteiger partial charge in [-0.15, -0.1) is 0 Å². The second-order valence-corrected chi connectivity index (χ2v) is 6.22. The highest BCUT2D eigenvalue weighted by Crippen LogP contribution is 2.22. The number of carbonyl (C=O) groups is 1. The molecule has 0 heterocycles. The van der Waals surface area contributed by atoms with E-state index in [0.29, 0.717) is 13.2 Å². The van der Waals surface area contributed by atoms with Gasteiger partial charge in [0.2, 0.25) is 5.91 Å². The number of ether oxygens (including phenoxy) is 1. The summed E-state index contributed by atoms with van der Waals surface area (Å²) >= 11 is 0. The number of hydrogen-bond acceptors (Lipinski definition) is 3. The van der Waals surface area contributed by atoms with E-state index >= 15 is 0 Å². The molecule has 0 spiro atoms. The van der Waals surface area contributed by atoms with E-state index in [1.807, 2.05) is 30.1 Å². The Morgan fingerprint density at radius 3 is 2.35 bits per heavy atom. The van der Waals surface area contributed by atoms with Crippen LogP contribution in [0.1, 0.15) is 25.0 Å². The first-order valence-electron chi connectivity index (χ1n) is 9.01. The molecule has 0 aliphatic carbocycles. The third-order valence-electron chi connectivity index (χ3n) is 4.24. The quantitative estimate of drug-likeness (QED) is 0.739. The number of rotatable bonds is 9. The number of hydrogen-bond donors (Lipinski definition) is 1. The molecule has 1 N–H and O–H groups in total. The van der Waals surface area contributed by atoms with Gasteiger partial charge in [0.15, 0.2) is 11.6 Å². The van der Waals surface area contributed by atoms with Crippen molar-refractivity contribution in [1.82, 2.24) is 4.90 Å². The minimum absolute atomic E-state index is 0.0611. The molecule has 5 heteroatoms. The zero-order valence-electron chi connectivity index (χ0n) is 15.7. The number of benzene rings is 2. The van der Waals surface area contributed by atoms with Crippen molar-refractivity contribution in [2.75, 3.05) is 32.1 Å². The summed E-state index contributed by atoms with van der Waals surface area (Å²) in [6, 6.07) is 12.4. The van der Waals surface area contributed by atoms with Crippen LogP contribution in [-0.4, -0.2) is 37.6 Å². The highest BCUT2D eigenvalue weighted by Gasteiger charge is 2.12. The van der Waals surface area contributed by atoms with Crippen LogP contribution in [0, 0.1) is 5.82 Å². The second kappa shape index (κ2) is 9.92. The summed E-state index contributed by atoms with van der Waals surface area (Å²) in [6.45, 7) is 5.25. The lowest BCUT2D eigenvalue weighted by atomic mass is 10.0. The molecule has 0 atom stereocenters. The standard InChI is InChI=1S/C21H27FN2O2/c1-4-16-9-8-10-17(5-2)21(16)23-20(25)15-24(3)13-14-26-19-12-7-6-11-18(19)22/h6-12H,4-5,13-15H2,1-3H3,(H,23,25). The lowest BCUT2D eigenvalue weighted by Gasteiger charge is -2.19. The summed E-state index contributed by atoms with van der Waals surface area (Å²) in [6.07, 6.45) is 1.74. The molecule has 4 nitrogen and oxygen atoms in total. The molecule has 0 radical (unpaired) electrons. The van der Waals surface area contributed by atoms with Gasteiger partial charge in [-0.1, -0.05) is 44.2 Å². The Kier molecular flexibility index (Phi) is 7.60. The minimum atomic E-state index is -0.379. The molecule has 26 heavy (non-hydrogen) atoms. The molecular weight excluding hydrogens is 331 g/mol. The number of nitrogens with zero attached hydrogens (tertiary/aromatic N) is 1. The fourth-order valence-corrected chi connectivity index (χ4v) is 2.78. The van der Waals surface area contributed by atoms with Crippen molar-refractivity contribution in [3.8, 4) is 5.75 Å². The highest BCUT2D eigenvalue weighted by atomic mass is 19.1. The number of amides is 1. The fraction of sp³-hybridized carbons (Fsp3) is 0.381. The number of aryl methyl sites for hydroxylation is 2. The lowest BCUT2D eigenvalue weighted by Crippen LogP contribution is -2.33. The molecule has 0 aliphatic rings. The summed E-state index contributed by atoms with van der Waals surface area (Å²) in [4.78, 5) is 14.3. The topological polar surface area (TPSA) is 41.6 Å². The van der Waals surface area contributed by atoms with Gasteiger partial charge in [-0.3, -0.25) is 9.69 Å². The molecule has 0 bridgehead atoms. The third-order valence-corrected chi connectivity index (χ3v) is 4.24. The molecule has 0 saturated carbocycles. The normalized spacial score (nSPS) is 10.8. The molecule has 0 unspecified atom stereocenters. The van der Waals surface area contributed by atoms with E-state index in [2.05, 4.69) is 19.2 Å².